The standard InChI is InChI=1S/C14H16N2O2/c1-10-2-3-11(7-15-10)8-16(12-4-5-12)13-6-14(17)18-9-13/h2-3,6-7,12H,4-5,8-9H2,1H3. The number of carbonyl (C=O) groups excluding carboxylic acids is 1. The summed E-state index contributed by atoms with van der Waals surface area (Å²) < 4.78 is 4.99. The number of carbonyl (C=O) groups is 1. The lowest BCUT2D eigenvalue weighted by Gasteiger charge is -2.24. The second kappa shape index (κ2) is 4.44. The van der Waals surface area contributed by atoms with E-state index in [1.165, 1.54) is 18.4 Å². The van der Waals surface area contributed by atoms with Gasteiger partial charge in [-0.1, -0.05) is 6.07 Å². The number of cyclic esters (lactones) is 1. The highest BCUT2D eigenvalue weighted by Gasteiger charge is 2.32. The molecule has 1 aliphatic carbocycles. The lowest BCUT2D eigenvalue weighted by Crippen LogP contribution is -2.25. The zero-order valence-corrected chi connectivity index (χ0v) is 10.4. The lowest BCUT2D eigenvalue weighted by molar-refractivity contribution is -0.135. The molecule has 1 saturated carbocycles. The van der Waals surface area contributed by atoms with E-state index >= 15 is 0 Å². The van der Waals surface area contributed by atoms with E-state index in [0.717, 1.165) is 17.9 Å². The zero-order chi connectivity index (χ0) is 12.5. The summed E-state index contributed by atoms with van der Waals surface area (Å²) in [7, 11) is 0. The molecule has 4 nitrogen and oxygen atoms in total. The molecule has 0 bridgehead atoms. The van der Waals surface area contributed by atoms with Gasteiger partial charge in [0, 0.05) is 30.6 Å². The number of pyridine rings is 1. The van der Waals surface area contributed by atoms with Crippen LogP contribution in [0.5, 0.6) is 0 Å². The third-order valence-electron chi connectivity index (χ3n) is 3.33. The Morgan fingerprint density at radius 1 is 1.44 bits per heavy atom. The van der Waals surface area contributed by atoms with Gasteiger partial charge in [-0.25, -0.2) is 4.79 Å². The largest absolute Gasteiger partial charge is 0.456 e. The number of esters is 1. The van der Waals surface area contributed by atoms with Gasteiger partial charge in [-0.15, -0.1) is 0 Å². The molecule has 1 aromatic rings. The van der Waals surface area contributed by atoms with Crippen molar-refractivity contribution >= 4 is 5.97 Å². The number of hydrogen-bond donors (Lipinski definition) is 0. The maximum absolute atomic E-state index is 11.2. The molecule has 0 unspecified atom stereocenters. The molecule has 2 aliphatic rings. The summed E-state index contributed by atoms with van der Waals surface area (Å²) in [5, 5.41) is 0. The van der Waals surface area contributed by atoms with E-state index in [9.17, 15) is 4.79 Å². The van der Waals surface area contributed by atoms with Crippen LogP contribution >= 0.6 is 0 Å². The second-order valence-corrected chi connectivity index (χ2v) is 4.91. The highest BCUT2D eigenvalue weighted by atomic mass is 16.5. The minimum atomic E-state index is -0.224. The Bertz CT molecular complexity index is 489. The molecule has 0 radical (unpaired) electrons. The predicted molar refractivity (Wildman–Crippen MR) is 66.6 cm³/mol. The third kappa shape index (κ3) is 2.37. The Kier molecular flexibility index (Phi) is 2.78. The van der Waals surface area contributed by atoms with Gasteiger partial charge in [0.25, 0.3) is 0 Å². The summed E-state index contributed by atoms with van der Waals surface area (Å²) in [5.74, 6) is -0.224. The summed E-state index contributed by atoms with van der Waals surface area (Å²) in [6.45, 7) is 3.20. The van der Waals surface area contributed by atoms with Crippen molar-refractivity contribution < 1.29 is 9.53 Å². The van der Waals surface area contributed by atoms with Crippen LogP contribution in [0.4, 0.5) is 0 Å². The average molecular weight is 244 g/mol. The number of ether oxygens (including phenoxy) is 1. The molecule has 1 aromatic heterocycles. The maximum Gasteiger partial charge on any atom is 0.333 e. The number of aryl methyl sites for hydroxylation is 1. The molecule has 1 fully saturated rings. The van der Waals surface area contributed by atoms with Crippen molar-refractivity contribution in [1.82, 2.24) is 9.88 Å². The molecule has 1 aliphatic heterocycles. The Morgan fingerprint density at radius 2 is 2.28 bits per heavy atom. The first-order valence-corrected chi connectivity index (χ1v) is 6.28. The van der Waals surface area contributed by atoms with Crippen LogP contribution in [-0.2, 0) is 16.1 Å². The average Bonchev–Trinajstić information content (AvgIpc) is 3.11. The normalized spacial score (nSPS) is 18.5. The molecule has 0 N–H and O–H groups in total. The van der Waals surface area contributed by atoms with Crippen LogP contribution in [0.3, 0.4) is 0 Å². The molecule has 0 aromatic carbocycles. The van der Waals surface area contributed by atoms with Crippen LogP contribution < -0.4 is 0 Å². The van der Waals surface area contributed by atoms with E-state index in [4.69, 9.17) is 4.74 Å². The van der Waals surface area contributed by atoms with E-state index in [2.05, 4.69) is 16.0 Å². The summed E-state index contributed by atoms with van der Waals surface area (Å²) in [4.78, 5) is 17.7. The topological polar surface area (TPSA) is 42.4 Å². The van der Waals surface area contributed by atoms with Crippen LogP contribution in [0.15, 0.2) is 30.1 Å². The van der Waals surface area contributed by atoms with Crippen molar-refractivity contribution in [3.63, 3.8) is 0 Å². The summed E-state index contributed by atoms with van der Waals surface area (Å²) in [6.07, 6.45) is 5.92. The molecule has 3 rings (SSSR count). The van der Waals surface area contributed by atoms with Gasteiger partial charge >= 0.3 is 5.97 Å². The van der Waals surface area contributed by atoms with Crippen molar-refractivity contribution in [2.24, 2.45) is 0 Å². The SMILES string of the molecule is Cc1ccc(CN(C2=CC(=O)OC2)C2CC2)cn1. The monoisotopic (exact) mass is 244 g/mol. The van der Waals surface area contributed by atoms with Gasteiger partial charge in [0.05, 0.1) is 5.70 Å². The lowest BCUT2D eigenvalue weighted by atomic mass is 10.2. The van der Waals surface area contributed by atoms with Crippen LogP contribution in [0, 0.1) is 6.92 Å². The first-order chi connectivity index (χ1) is 8.72. The van der Waals surface area contributed by atoms with Crippen molar-refractivity contribution in [3.8, 4) is 0 Å². The van der Waals surface area contributed by atoms with Gasteiger partial charge in [-0.2, -0.15) is 0 Å². The van der Waals surface area contributed by atoms with E-state index < -0.39 is 0 Å². The number of hydrogen-bond acceptors (Lipinski definition) is 4. The van der Waals surface area contributed by atoms with Gasteiger partial charge in [0.2, 0.25) is 0 Å². The van der Waals surface area contributed by atoms with Gasteiger partial charge in [-0.05, 0) is 31.4 Å². The van der Waals surface area contributed by atoms with Crippen molar-refractivity contribution in [2.75, 3.05) is 6.61 Å². The molecule has 18 heavy (non-hydrogen) atoms. The summed E-state index contributed by atoms with van der Waals surface area (Å²) in [5.41, 5.74) is 3.20. The van der Waals surface area contributed by atoms with E-state index in [1.807, 2.05) is 19.2 Å². The Labute approximate surface area is 106 Å². The van der Waals surface area contributed by atoms with Gasteiger partial charge in [0.15, 0.2) is 0 Å². The molecule has 94 valence electrons. The molecule has 0 saturated heterocycles. The Hall–Kier alpha value is -1.84. The van der Waals surface area contributed by atoms with Crippen molar-refractivity contribution in [3.05, 3.63) is 41.4 Å². The van der Waals surface area contributed by atoms with Crippen LogP contribution in [-0.4, -0.2) is 28.5 Å². The Morgan fingerprint density at radius 3 is 2.83 bits per heavy atom. The van der Waals surface area contributed by atoms with Crippen LogP contribution in [0.2, 0.25) is 0 Å². The second-order valence-electron chi connectivity index (χ2n) is 4.91. The van der Waals surface area contributed by atoms with Crippen LogP contribution in [0.1, 0.15) is 24.1 Å². The van der Waals surface area contributed by atoms with Gasteiger partial charge in [-0.3, -0.25) is 4.98 Å². The zero-order valence-electron chi connectivity index (χ0n) is 10.4. The molecular formula is C14H16N2O2. The molecule has 0 spiro atoms. The first-order valence-electron chi connectivity index (χ1n) is 6.28. The quantitative estimate of drug-likeness (QED) is 0.757. The van der Waals surface area contributed by atoms with Crippen molar-refractivity contribution in [1.29, 1.82) is 0 Å². The molecule has 0 atom stereocenters. The summed E-state index contributed by atoms with van der Waals surface area (Å²) >= 11 is 0. The first kappa shape index (κ1) is 11.3. The highest BCUT2D eigenvalue weighted by Crippen LogP contribution is 2.32. The van der Waals surface area contributed by atoms with Crippen LogP contribution in [0.25, 0.3) is 0 Å². The van der Waals surface area contributed by atoms with E-state index in [-0.39, 0.29) is 5.97 Å². The summed E-state index contributed by atoms with van der Waals surface area (Å²) in [6, 6.07) is 4.67. The molecule has 4 heteroatoms. The van der Waals surface area contributed by atoms with Crippen molar-refractivity contribution in [2.45, 2.75) is 32.4 Å². The fourth-order valence-corrected chi connectivity index (χ4v) is 2.17. The van der Waals surface area contributed by atoms with Gasteiger partial charge < -0.3 is 9.64 Å². The van der Waals surface area contributed by atoms with Gasteiger partial charge in [0.1, 0.15) is 6.61 Å². The fourth-order valence-electron chi connectivity index (χ4n) is 2.17. The third-order valence-corrected chi connectivity index (χ3v) is 3.33. The number of aromatic nitrogens is 1. The Balaban J connectivity index is 1.76. The van der Waals surface area contributed by atoms with E-state index in [0.29, 0.717) is 12.6 Å². The number of rotatable bonds is 4. The molecular weight excluding hydrogens is 228 g/mol. The smallest absolute Gasteiger partial charge is 0.333 e. The maximum atomic E-state index is 11.2. The number of nitrogens with zero attached hydrogens (tertiary/aromatic N) is 2. The highest BCUT2D eigenvalue weighted by molar-refractivity contribution is 5.85. The van der Waals surface area contributed by atoms with E-state index in [1.54, 1.807) is 6.08 Å². The minimum absolute atomic E-state index is 0.224. The predicted octanol–water partition coefficient (Wildman–Crippen LogP) is 1.80. The molecule has 2 heterocycles. The molecule has 0 amide bonds. The minimum Gasteiger partial charge on any atom is -0.456 e. The fraction of sp³-hybridized carbons (Fsp3) is 0.429.